The molecule has 0 spiro atoms. The number of nitrogens with zero attached hydrogens (tertiary/aromatic N) is 3. The van der Waals surface area contributed by atoms with Crippen molar-refractivity contribution in [3.8, 4) is 0 Å². The third-order valence-corrected chi connectivity index (χ3v) is 5.55. The van der Waals surface area contributed by atoms with Gasteiger partial charge in [0.25, 0.3) is 0 Å². The maximum absolute atomic E-state index is 13.8. The van der Waals surface area contributed by atoms with E-state index in [9.17, 15) is 13.6 Å². The molecule has 0 N–H and O–H groups in total. The Bertz CT molecular complexity index is 1010. The molecule has 1 aliphatic heterocycles. The Morgan fingerprint density at radius 2 is 2.04 bits per heavy atom. The summed E-state index contributed by atoms with van der Waals surface area (Å²) in [7, 11) is 0. The van der Waals surface area contributed by atoms with Crippen LogP contribution in [0.15, 0.2) is 42.5 Å². The van der Waals surface area contributed by atoms with E-state index in [-0.39, 0.29) is 30.4 Å². The monoisotopic (exact) mass is 383 g/mol. The van der Waals surface area contributed by atoms with Gasteiger partial charge < -0.3 is 9.47 Å². The Hall–Kier alpha value is -2.76. The third-order valence-electron chi connectivity index (χ3n) is 5.55. The van der Waals surface area contributed by atoms with Gasteiger partial charge in [-0.3, -0.25) is 4.79 Å². The molecule has 4 rings (SSSR count). The third kappa shape index (κ3) is 3.63. The van der Waals surface area contributed by atoms with Crippen molar-refractivity contribution in [1.82, 2.24) is 14.5 Å². The van der Waals surface area contributed by atoms with Crippen LogP contribution in [0.2, 0.25) is 0 Å². The molecule has 1 atom stereocenters. The van der Waals surface area contributed by atoms with Crippen molar-refractivity contribution >= 4 is 16.9 Å². The lowest BCUT2D eigenvalue weighted by Crippen LogP contribution is -2.38. The number of halogens is 2. The molecule has 4 nitrogen and oxygen atoms in total. The minimum atomic E-state index is -0.481. The van der Waals surface area contributed by atoms with Crippen LogP contribution >= 0.6 is 0 Å². The lowest BCUT2D eigenvalue weighted by molar-refractivity contribution is -0.132. The molecule has 0 bridgehead atoms. The van der Waals surface area contributed by atoms with Crippen LogP contribution in [0.4, 0.5) is 8.78 Å². The summed E-state index contributed by atoms with van der Waals surface area (Å²) in [5.74, 6) is -0.0198. The van der Waals surface area contributed by atoms with Crippen LogP contribution in [-0.2, 0) is 17.8 Å². The van der Waals surface area contributed by atoms with Gasteiger partial charge in [-0.1, -0.05) is 12.1 Å². The minimum Gasteiger partial charge on any atom is -0.338 e. The average molecular weight is 383 g/mol. The molecule has 2 aromatic carbocycles. The molecule has 1 aliphatic rings. The molecule has 3 aromatic rings. The smallest absolute Gasteiger partial charge is 0.223 e. The summed E-state index contributed by atoms with van der Waals surface area (Å²) < 4.78 is 29.3. The van der Waals surface area contributed by atoms with Crippen LogP contribution in [0.5, 0.6) is 0 Å². The number of hydrogen-bond donors (Lipinski definition) is 0. The zero-order valence-corrected chi connectivity index (χ0v) is 15.9. The van der Waals surface area contributed by atoms with Gasteiger partial charge in [0.1, 0.15) is 17.5 Å². The summed E-state index contributed by atoms with van der Waals surface area (Å²) in [6, 6.07) is 11.5. The highest BCUT2D eigenvalue weighted by Gasteiger charge is 2.29. The lowest BCUT2D eigenvalue weighted by atomic mass is 10.1. The number of fused-ring (bicyclic) bond motifs is 1. The maximum atomic E-state index is 13.8. The predicted molar refractivity (Wildman–Crippen MR) is 104 cm³/mol. The Morgan fingerprint density at radius 1 is 1.21 bits per heavy atom. The van der Waals surface area contributed by atoms with E-state index in [1.807, 2.05) is 36.1 Å². The number of carbonyl (C=O) groups is 1. The molecule has 6 heteroatoms. The van der Waals surface area contributed by atoms with E-state index in [2.05, 4.69) is 9.55 Å². The van der Waals surface area contributed by atoms with E-state index in [1.54, 1.807) is 0 Å². The number of carbonyl (C=O) groups excluding carboxylic acids is 1. The summed E-state index contributed by atoms with van der Waals surface area (Å²) in [5, 5.41) is 0. The van der Waals surface area contributed by atoms with Gasteiger partial charge in [0.15, 0.2) is 0 Å². The van der Waals surface area contributed by atoms with Crippen molar-refractivity contribution in [2.24, 2.45) is 0 Å². The number of amides is 1. The summed E-state index contributed by atoms with van der Waals surface area (Å²) in [4.78, 5) is 19.3. The first-order valence-corrected chi connectivity index (χ1v) is 9.68. The number of rotatable bonds is 5. The van der Waals surface area contributed by atoms with Crippen molar-refractivity contribution in [3.63, 3.8) is 0 Å². The molecule has 0 radical (unpaired) electrons. The fraction of sp³-hybridized carbons (Fsp3) is 0.364. The molecule has 2 heterocycles. The largest absolute Gasteiger partial charge is 0.338 e. The number of para-hydroxylation sites is 2. The van der Waals surface area contributed by atoms with Gasteiger partial charge in [0.05, 0.1) is 11.0 Å². The van der Waals surface area contributed by atoms with Gasteiger partial charge in [-0.05, 0) is 62.1 Å². The molecule has 146 valence electrons. The molecule has 1 fully saturated rings. The second-order valence-electron chi connectivity index (χ2n) is 7.38. The van der Waals surface area contributed by atoms with Crippen molar-refractivity contribution in [2.45, 2.75) is 45.2 Å². The Balaban J connectivity index is 1.46. The van der Waals surface area contributed by atoms with Crippen LogP contribution in [0, 0.1) is 18.6 Å². The van der Waals surface area contributed by atoms with E-state index in [0.717, 1.165) is 41.8 Å². The SMILES string of the molecule is Cc1nc2ccccc2n1C[C@H]1CCCN1C(=O)CCc1cc(F)ccc1F. The normalized spacial score (nSPS) is 16.8. The topological polar surface area (TPSA) is 38.1 Å². The summed E-state index contributed by atoms with van der Waals surface area (Å²) in [6.45, 7) is 3.39. The molecular weight excluding hydrogens is 360 g/mol. The van der Waals surface area contributed by atoms with Crippen LogP contribution < -0.4 is 0 Å². The number of benzene rings is 2. The van der Waals surface area contributed by atoms with Crippen LogP contribution in [-0.4, -0.2) is 32.9 Å². The van der Waals surface area contributed by atoms with Crippen molar-refractivity contribution < 1.29 is 13.6 Å². The van der Waals surface area contributed by atoms with E-state index in [0.29, 0.717) is 13.1 Å². The average Bonchev–Trinajstić information content (AvgIpc) is 3.27. The molecule has 28 heavy (non-hydrogen) atoms. The highest BCUT2D eigenvalue weighted by Crippen LogP contribution is 2.24. The molecule has 0 aliphatic carbocycles. The van der Waals surface area contributed by atoms with Crippen LogP contribution in [0.1, 0.15) is 30.7 Å². The summed E-state index contributed by atoms with van der Waals surface area (Å²) in [5.41, 5.74) is 2.28. The van der Waals surface area contributed by atoms with Gasteiger partial charge in [-0.25, -0.2) is 13.8 Å². The van der Waals surface area contributed by atoms with Gasteiger partial charge in [-0.2, -0.15) is 0 Å². The van der Waals surface area contributed by atoms with Gasteiger partial charge >= 0.3 is 0 Å². The van der Waals surface area contributed by atoms with Gasteiger partial charge in [0, 0.05) is 25.6 Å². The second-order valence-corrected chi connectivity index (χ2v) is 7.38. The molecule has 0 saturated carbocycles. The molecule has 0 unspecified atom stereocenters. The molecule has 1 saturated heterocycles. The maximum Gasteiger partial charge on any atom is 0.223 e. The van der Waals surface area contributed by atoms with Crippen LogP contribution in [0.3, 0.4) is 0 Å². The van der Waals surface area contributed by atoms with E-state index in [4.69, 9.17) is 0 Å². The summed E-state index contributed by atoms with van der Waals surface area (Å²) >= 11 is 0. The van der Waals surface area contributed by atoms with Gasteiger partial charge in [0.2, 0.25) is 5.91 Å². The van der Waals surface area contributed by atoms with Crippen LogP contribution in [0.25, 0.3) is 11.0 Å². The first kappa shape index (κ1) is 18.6. The zero-order valence-electron chi connectivity index (χ0n) is 15.9. The first-order chi connectivity index (χ1) is 13.5. The van der Waals surface area contributed by atoms with E-state index >= 15 is 0 Å². The van der Waals surface area contributed by atoms with E-state index in [1.165, 1.54) is 6.07 Å². The minimum absolute atomic E-state index is 0.00626. The fourth-order valence-electron chi connectivity index (χ4n) is 4.11. The number of aryl methyl sites for hydroxylation is 2. The molecule has 1 aromatic heterocycles. The number of hydrogen-bond acceptors (Lipinski definition) is 2. The molecule has 1 amide bonds. The van der Waals surface area contributed by atoms with Crippen molar-refractivity contribution in [1.29, 1.82) is 0 Å². The fourth-order valence-corrected chi connectivity index (χ4v) is 4.11. The highest BCUT2D eigenvalue weighted by molar-refractivity contribution is 5.77. The second kappa shape index (κ2) is 7.70. The number of aromatic nitrogens is 2. The highest BCUT2D eigenvalue weighted by atomic mass is 19.1. The molecular formula is C22H23F2N3O. The van der Waals surface area contributed by atoms with Gasteiger partial charge in [-0.15, -0.1) is 0 Å². The van der Waals surface area contributed by atoms with E-state index < -0.39 is 11.6 Å². The zero-order chi connectivity index (χ0) is 19.7. The first-order valence-electron chi connectivity index (χ1n) is 9.68. The van der Waals surface area contributed by atoms with Crippen molar-refractivity contribution in [3.05, 3.63) is 65.5 Å². The lowest BCUT2D eigenvalue weighted by Gasteiger charge is -2.26. The Kier molecular flexibility index (Phi) is 5.11. The standard InChI is InChI=1S/C22H23F2N3O/c1-15-25-20-6-2-3-7-21(20)27(15)14-18-5-4-12-26(18)22(28)11-8-16-13-17(23)9-10-19(16)24/h2-3,6-7,9-10,13,18H,4-5,8,11-12,14H2,1H3/t18-/m1/s1. The predicted octanol–water partition coefficient (Wildman–Crippen LogP) is 4.25. The van der Waals surface area contributed by atoms with Crippen molar-refractivity contribution in [2.75, 3.05) is 6.54 Å². The number of likely N-dealkylation sites (tertiary alicyclic amines) is 1. The quantitative estimate of drug-likeness (QED) is 0.661. The Labute approximate surface area is 162 Å². The summed E-state index contributed by atoms with van der Waals surface area (Å²) in [6.07, 6.45) is 2.28. The Morgan fingerprint density at radius 3 is 2.89 bits per heavy atom. The number of imidazole rings is 1.